The van der Waals surface area contributed by atoms with Gasteiger partial charge in [-0.1, -0.05) is 29.8 Å². The molecule has 0 aliphatic carbocycles. The fraction of sp³-hybridized carbons (Fsp3) is 0.632. The molecule has 0 saturated carbocycles. The number of amides is 1. The van der Waals surface area contributed by atoms with Crippen LogP contribution in [0.3, 0.4) is 0 Å². The van der Waals surface area contributed by atoms with Crippen LogP contribution in [0.1, 0.15) is 36.8 Å². The Morgan fingerprint density at radius 3 is 2.29 bits per heavy atom. The summed E-state index contributed by atoms with van der Waals surface area (Å²) in [7, 11) is 2.01. The largest absolute Gasteiger partial charge is 0.381 e. The zero-order valence-corrected chi connectivity index (χ0v) is 15.5. The molecule has 0 unspecified atom stereocenters. The minimum Gasteiger partial charge on any atom is -0.381 e. The van der Waals surface area contributed by atoms with Crippen molar-refractivity contribution in [2.75, 3.05) is 33.4 Å². The highest BCUT2D eigenvalue weighted by atomic mass is 35.5. The maximum atomic E-state index is 13.4. The van der Waals surface area contributed by atoms with E-state index in [1.165, 1.54) is 5.56 Å². The molecule has 0 bridgehead atoms. The first-order valence-electron chi connectivity index (χ1n) is 8.77. The van der Waals surface area contributed by atoms with Gasteiger partial charge in [-0.05, 0) is 45.2 Å². The molecule has 0 aromatic heterocycles. The van der Waals surface area contributed by atoms with E-state index >= 15 is 0 Å². The van der Waals surface area contributed by atoms with Crippen molar-refractivity contribution < 1.29 is 9.53 Å². The third-order valence-corrected chi connectivity index (χ3v) is 5.55. The molecule has 4 nitrogen and oxygen atoms in total. The molecular formula is C19H29ClN2O2. The van der Waals surface area contributed by atoms with Crippen LogP contribution in [0.15, 0.2) is 24.3 Å². The summed E-state index contributed by atoms with van der Waals surface area (Å²) in [5.74, 6) is 0.305. The maximum absolute atomic E-state index is 13.4. The number of carbonyl (C=O) groups excluding carboxylic acids is 1. The van der Waals surface area contributed by atoms with E-state index in [4.69, 9.17) is 4.74 Å². The third-order valence-electron chi connectivity index (χ3n) is 5.55. The molecule has 2 heterocycles. The second-order valence-corrected chi connectivity index (χ2v) is 6.92. The van der Waals surface area contributed by atoms with Crippen LogP contribution in [0.4, 0.5) is 0 Å². The molecule has 0 atom stereocenters. The number of rotatable bonds is 3. The Kier molecular flexibility index (Phi) is 6.67. The van der Waals surface area contributed by atoms with Crippen molar-refractivity contribution in [1.82, 2.24) is 10.2 Å². The van der Waals surface area contributed by atoms with Gasteiger partial charge >= 0.3 is 0 Å². The van der Waals surface area contributed by atoms with E-state index in [9.17, 15) is 4.79 Å². The van der Waals surface area contributed by atoms with E-state index in [1.54, 1.807) is 0 Å². The lowest BCUT2D eigenvalue weighted by Crippen LogP contribution is -2.53. The number of benzene rings is 1. The van der Waals surface area contributed by atoms with E-state index < -0.39 is 5.41 Å². The van der Waals surface area contributed by atoms with Crippen LogP contribution < -0.4 is 5.32 Å². The Hall–Kier alpha value is -1.10. The SMILES string of the molecule is CNC1CCN(C(=O)C2(c3ccc(C)cc3)CCOCC2)CC1.Cl. The van der Waals surface area contributed by atoms with Gasteiger partial charge in [-0.3, -0.25) is 4.79 Å². The topological polar surface area (TPSA) is 41.6 Å². The van der Waals surface area contributed by atoms with Gasteiger partial charge in [0.1, 0.15) is 0 Å². The van der Waals surface area contributed by atoms with E-state index in [-0.39, 0.29) is 12.4 Å². The molecular weight excluding hydrogens is 324 g/mol. The molecule has 0 radical (unpaired) electrons. The number of nitrogens with zero attached hydrogens (tertiary/aromatic N) is 1. The molecule has 24 heavy (non-hydrogen) atoms. The van der Waals surface area contributed by atoms with Crippen molar-refractivity contribution in [3.8, 4) is 0 Å². The quantitative estimate of drug-likeness (QED) is 0.909. The van der Waals surface area contributed by atoms with Gasteiger partial charge in [0, 0.05) is 32.3 Å². The van der Waals surface area contributed by atoms with Crippen LogP contribution >= 0.6 is 12.4 Å². The van der Waals surface area contributed by atoms with E-state index in [2.05, 4.69) is 41.4 Å². The minimum atomic E-state index is -0.390. The van der Waals surface area contributed by atoms with Gasteiger partial charge in [-0.2, -0.15) is 0 Å². The molecule has 1 N–H and O–H groups in total. The second-order valence-electron chi connectivity index (χ2n) is 6.92. The summed E-state index contributed by atoms with van der Waals surface area (Å²) in [6.45, 7) is 5.15. The Balaban J connectivity index is 0.00000208. The van der Waals surface area contributed by atoms with Crippen molar-refractivity contribution >= 4 is 18.3 Å². The summed E-state index contributed by atoms with van der Waals surface area (Å²) in [6.07, 6.45) is 3.67. The maximum Gasteiger partial charge on any atom is 0.233 e. The number of ether oxygens (including phenoxy) is 1. The fourth-order valence-corrected chi connectivity index (χ4v) is 3.89. The van der Waals surface area contributed by atoms with Crippen molar-refractivity contribution in [2.24, 2.45) is 0 Å². The Bertz CT molecular complexity index is 533. The van der Waals surface area contributed by atoms with Gasteiger partial charge in [-0.15, -0.1) is 12.4 Å². The standard InChI is InChI=1S/C19H28N2O2.ClH/c1-15-3-5-16(6-4-15)19(9-13-23-14-10-19)18(22)21-11-7-17(20-2)8-12-21;/h3-6,17,20H,7-14H2,1-2H3;1H. The third kappa shape index (κ3) is 3.76. The number of halogens is 1. The van der Waals surface area contributed by atoms with E-state index in [0.717, 1.165) is 44.3 Å². The van der Waals surface area contributed by atoms with Crippen LogP contribution in [0.25, 0.3) is 0 Å². The number of piperidine rings is 1. The first-order chi connectivity index (χ1) is 11.2. The Morgan fingerprint density at radius 1 is 1.17 bits per heavy atom. The Labute approximate surface area is 151 Å². The summed E-state index contributed by atoms with van der Waals surface area (Å²) < 4.78 is 5.56. The van der Waals surface area contributed by atoms with Gasteiger partial charge in [0.05, 0.1) is 5.41 Å². The molecule has 2 saturated heterocycles. The summed E-state index contributed by atoms with van der Waals surface area (Å²) in [5, 5.41) is 3.33. The van der Waals surface area contributed by atoms with Crippen LogP contribution in [0, 0.1) is 6.92 Å². The number of carbonyl (C=O) groups is 1. The first kappa shape index (κ1) is 19.2. The molecule has 3 rings (SSSR count). The lowest BCUT2D eigenvalue weighted by Gasteiger charge is -2.42. The van der Waals surface area contributed by atoms with Crippen LogP contribution in [-0.4, -0.2) is 50.2 Å². The number of aryl methyl sites for hydroxylation is 1. The van der Waals surface area contributed by atoms with Crippen LogP contribution in [-0.2, 0) is 14.9 Å². The Morgan fingerprint density at radius 2 is 1.75 bits per heavy atom. The van der Waals surface area contributed by atoms with E-state index in [1.807, 2.05) is 7.05 Å². The molecule has 5 heteroatoms. The summed E-state index contributed by atoms with van der Waals surface area (Å²) in [5.41, 5.74) is 2.00. The zero-order chi connectivity index (χ0) is 16.3. The summed E-state index contributed by atoms with van der Waals surface area (Å²) >= 11 is 0. The second kappa shape index (κ2) is 8.32. The summed E-state index contributed by atoms with van der Waals surface area (Å²) in [6, 6.07) is 9.06. The van der Waals surface area contributed by atoms with Crippen LogP contribution in [0.5, 0.6) is 0 Å². The highest BCUT2D eigenvalue weighted by Gasteiger charge is 2.44. The van der Waals surface area contributed by atoms with Crippen LogP contribution in [0.2, 0.25) is 0 Å². The minimum absolute atomic E-state index is 0. The number of hydrogen-bond donors (Lipinski definition) is 1. The smallest absolute Gasteiger partial charge is 0.233 e. The zero-order valence-electron chi connectivity index (χ0n) is 14.7. The predicted octanol–water partition coefficient (Wildman–Crippen LogP) is 2.68. The summed E-state index contributed by atoms with van der Waals surface area (Å²) in [4.78, 5) is 15.5. The average molecular weight is 353 g/mol. The molecule has 1 amide bonds. The van der Waals surface area contributed by atoms with Crippen molar-refractivity contribution in [3.63, 3.8) is 0 Å². The first-order valence-corrected chi connectivity index (χ1v) is 8.77. The number of nitrogens with one attached hydrogen (secondary N) is 1. The molecule has 2 aliphatic heterocycles. The van der Waals surface area contributed by atoms with Crippen molar-refractivity contribution in [2.45, 2.75) is 44.1 Å². The van der Waals surface area contributed by atoms with Gasteiger partial charge in [-0.25, -0.2) is 0 Å². The lowest BCUT2D eigenvalue weighted by atomic mass is 9.72. The van der Waals surface area contributed by atoms with E-state index in [0.29, 0.717) is 25.2 Å². The average Bonchev–Trinajstić information content (AvgIpc) is 2.62. The molecule has 2 aliphatic rings. The molecule has 0 spiro atoms. The van der Waals surface area contributed by atoms with Crippen molar-refractivity contribution in [3.05, 3.63) is 35.4 Å². The predicted molar refractivity (Wildman–Crippen MR) is 98.8 cm³/mol. The molecule has 2 fully saturated rings. The molecule has 1 aromatic carbocycles. The highest BCUT2D eigenvalue weighted by molar-refractivity contribution is 5.88. The van der Waals surface area contributed by atoms with Gasteiger partial charge < -0.3 is 15.0 Å². The molecule has 134 valence electrons. The van der Waals surface area contributed by atoms with Gasteiger partial charge in [0.15, 0.2) is 0 Å². The number of likely N-dealkylation sites (tertiary alicyclic amines) is 1. The van der Waals surface area contributed by atoms with Gasteiger partial charge in [0.25, 0.3) is 0 Å². The van der Waals surface area contributed by atoms with Gasteiger partial charge in [0.2, 0.25) is 5.91 Å². The highest BCUT2D eigenvalue weighted by Crippen LogP contribution is 2.37. The monoisotopic (exact) mass is 352 g/mol. The normalized spacial score (nSPS) is 21.2. The lowest BCUT2D eigenvalue weighted by molar-refractivity contribution is -0.142. The van der Waals surface area contributed by atoms with Crippen molar-refractivity contribution in [1.29, 1.82) is 0 Å². The fourth-order valence-electron chi connectivity index (χ4n) is 3.89. The number of hydrogen-bond acceptors (Lipinski definition) is 3. The molecule has 1 aromatic rings.